The number of carboxylic acid groups (broad SMARTS) is 4. The molecule has 0 aliphatic heterocycles. The fourth-order valence-electron chi connectivity index (χ4n) is 1.39. The molecule has 0 radical (unpaired) electrons. The Bertz CT molecular complexity index is 591. The molecule has 0 aliphatic carbocycles. The third-order valence-corrected chi connectivity index (χ3v) is 2.61. The van der Waals surface area contributed by atoms with Gasteiger partial charge in [-0.3, -0.25) is 9.59 Å². The molecule has 0 aromatic heterocycles. The highest BCUT2D eigenvalue weighted by molar-refractivity contribution is 5.93. The second kappa shape index (κ2) is 8.40. The molecule has 8 nitrogen and oxygen atoms in total. The van der Waals surface area contributed by atoms with Crippen molar-refractivity contribution in [3.05, 3.63) is 34.9 Å². The van der Waals surface area contributed by atoms with Gasteiger partial charge < -0.3 is 20.4 Å². The topological polar surface area (TPSA) is 149 Å². The zero-order valence-electron chi connectivity index (χ0n) is 11.9. The van der Waals surface area contributed by atoms with Crippen LogP contribution in [-0.2, 0) is 9.59 Å². The molecule has 0 amide bonds. The van der Waals surface area contributed by atoms with Crippen LogP contribution < -0.4 is 0 Å². The molecule has 8 heteroatoms. The molecule has 1 aromatic rings. The molecule has 4 N–H and O–H groups in total. The molecule has 0 fully saturated rings. The minimum Gasteiger partial charge on any atom is -0.481 e. The van der Waals surface area contributed by atoms with Gasteiger partial charge in [0.1, 0.15) is 0 Å². The van der Waals surface area contributed by atoms with Crippen LogP contribution >= 0.6 is 0 Å². The number of carboxylic acids is 4. The summed E-state index contributed by atoms with van der Waals surface area (Å²) in [5, 5.41) is 33.5. The van der Waals surface area contributed by atoms with Gasteiger partial charge in [-0.15, -0.1) is 0 Å². The highest BCUT2D eigenvalue weighted by atomic mass is 16.4. The summed E-state index contributed by atoms with van der Waals surface area (Å²) >= 11 is 0. The van der Waals surface area contributed by atoms with E-state index in [1.54, 1.807) is 6.92 Å². The first kappa shape index (κ1) is 19.1. The summed E-state index contributed by atoms with van der Waals surface area (Å²) in [5.74, 6) is -5.04. The molecular formula is C14H16O8. The summed E-state index contributed by atoms with van der Waals surface area (Å²) in [7, 11) is 0. The van der Waals surface area contributed by atoms with Gasteiger partial charge in [0, 0.05) is 0 Å². The first-order valence-corrected chi connectivity index (χ1v) is 6.08. The first-order chi connectivity index (χ1) is 10.1. The van der Waals surface area contributed by atoms with Crippen LogP contribution in [0.15, 0.2) is 18.2 Å². The average molecular weight is 312 g/mol. The van der Waals surface area contributed by atoms with E-state index in [9.17, 15) is 19.2 Å². The van der Waals surface area contributed by atoms with Crippen LogP contribution in [-0.4, -0.2) is 44.3 Å². The number of aryl methyl sites for hydroxylation is 1. The van der Waals surface area contributed by atoms with Crippen LogP contribution in [0.3, 0.4) is 0 Å². The molecule has 1 rings (SSSR count). The van der Waals surface area contributed by atoms with E-state index in [-0.39, 0.29) is 17.5 Å². The highest BCUT2D eigenvalue weighted by Crippen LogP contribution is 2.10. The summed E-state index contributed by atoms with van der Waals surface area (Å²) in [6.07, 6.45) is -0.310. The Balaban J connectivity index is 0.000000433. The van der Waals surface area contributed by atoms with E-state index >= 15 is 0 Å². The Labute approximate surface area is 125 Å². The van der Waals surface area contributed by atoms with Crippen molar-refractivity contribution in [2.45, 2.75) is 20.3 Å². The smallest absolute Gasteiger partial charge is 0.335 e. The number of hydrogen-bond acceptors (Lipinski definition) is 4. The Hall–Kier alpha value is -2.90. The van der Waals surface area contributed by atoms with Crippen molar-refractivity contribution in [3.8, 4) is 0 Å². The zero-order valence-corrected chi connectivity index (χ0v) is 11.9. The van der Waals surface area contributed by atoms with Crippen LogP contribution in [0.1, 0.15) is 39.6 Å². The van der Waals surface area contributed by atoms with Crippen molar-refractivity contribution in [2.75, 3.05) is 0 Å². The lowest BCUT2D eigenvalue weighted by Gasteiger charge is -2.01. The largest absolute Gasteiger partial charge is 0.481 e. The number of rotatable bonds is 5. The van der Waals surface area contributed by atoms with E-state index in [4.69, 9.17) is 20.4 Å². The van der Waals surface area contributed by atoms with E-state index in [2.05, 4.69) is 0 Å². The molecule has 1 atom stereocenters. The summed E-state index contributed by atoms with van der Waals surface area (Å²) in [6.45, 7) is 2.92. The predicted molar refractivity (Wildman–Crippen MR) is 74.2 cm³/mol. The molecule has 0 heterocycles. The standard InChI is InChI=1S/C9H8O4.C5H8O4/c1-5-4-6(8(10)11)2-3-7(5)9(12)13;1-3(5(8)9)2-4(6)7/h2-4H,1H3,(H,10,11)(H,12,13);3H,2H2,1H3,(H,6,7)(H,8,9). The van der Waals surface area contributed by atoms with E-state index < -0.39 is 29.8 Å². The maximum absolute atomic E-state index is 10.6. The van der Waals surface area contributed by atoms with Crippen molar-refractivity contribution in [1.82, 2.24) is 0 Å². The lowest BCUT2D eigenvalue weighted by Crippen LogP contribution is -2.13. The van der Waals surface area contributed by atoms with Crippen LogP contribution in [0.25, 0.3) is 0 Å². The van der Waals surface area contributed by atoms with Crippen LogP contribution in [0, 0.1) is 12.8 Å². The van der Waals surface area contributed by atoms with Crippen LogP contribution in [0.2, 0.25) is 0 Å². The van der Waals surface area contributed by atoms with Gasteiger partial charge in [-0.05, 0) is 30.7 Å². The second-order valence-corrected chi connectivity index (χ2v) is 4.48. The first-order valence-electron chi connectivity index (χ1n) is 6.08. The van der Waals surface area contributed by atoms with Crippen LogP contribution in [0.4, 0.5) is 0 Å². The fourth-order valence-corrected chi connectivity index (χ4v) is 1.39. The van der Waals surface area contributed by atoms with E-state index in [1.807, 2.05) is 0 Å². The molecule has 1 aromatic carbocycles. The van der Waals surface area contributed by atoms with E-state index in [1.165, 1.54) is 25.1 Å². The maximum atomic E-state index is 10.6. The van der Waals surface area contributed by atoms with Crippen molar-refractivity contribution >= 4 is 23.9 Å². The van der Waals surface area contributed by atoms with Gasteiger partial charge >= 0.3 is 23.9 Å². The molecular weight excluding hydrogens is 296 g/mol. The number of hydrogen-bond donors (Lipinski definition) is 4. The van der Waals surface area contributed by atoms with Gasteiger partial charge in [0.2, 0.25) is 0 Å². The lowest BCUT2D eigenvalue weighted by molar-refractivity contribution is -0.147. The molecule has 0 saturated carbocycles. The van der Waals surface area contributed by atoms with Gasteiger partial charge in [0.05, 0.1) is 23.5 Å². The number of aliphatic carboxylic acids is 2. The van der Waals surface area contributed by atoms with Gasteiger partial charge in [-0.1, -0.05) is 6.92 Å². The number of aromatic carboxylic acids is 2. The Morgan fingerprint density at radius 3 is 1.82 bits per heavy atom. The molecule has 22 heavy (non-hydrogen) atoms. The second-order valence-electron chi connectivity index (χ2n) is 4.48. The van der Waals surface area contributed by atoms with Crippen molar-refractivity contribution in [2.24, 2.45) is 5.92 Å². The SMILES string of the molecule is CC(CC(=O)O)C(=O)O.Cc1cc(C(=O)O)ccc1C(=O)O. The molecule has 0 saturated heterocycles. The minimum absolute atomic E-state index is 0.0995. The quantitative estimate of drug-likeness (QED) is 0.640. The average Bonchev–Trinajstić information content (AvgIpc) is 2.37. The monoisotopic (exact) mass is 312 g/mol. The van der Waals surface area contributed by atoms with Gasteiger partial charge in [-0.25, -0.2) is 9.59 Å². The summed E-state index contributed by atoms with van der Waals surface area (Å²) in [6, 6.07) is 3.91. The normalized spacial score (nSPS) is 10.8. The molecule has 120 valence electrons. The van der Waals surface area contributed by atoms with Gasteiger partial charge in [0.15, 0.2) is 0 Å². The van der Waals surface area contributed by atoms with E-state index in [0.29, 0.717) is 5.56 Å². The van der Waals surface area contributed by atoms with Crippen LogP contribution in [0.5, 0.6) is 0 Å². The third-order valence-electron chi connectivity index (χ3n) is 2.61. The lowest BCUT2D eigenvalue weighted by atomic mass is 10.1. The molecule has 0 aliphatic rings. The Morgan fingerprint density at radius 2 is 1.55 bits per heavy atom. The minimum atomic E-state index is -1.08. The third kappa shape index (κ3) is 6.51. The summed E-state index contributed by atoms with van der Waals surface area (Å²) in [4.78, 5) is 40.9. The molecule has 0 bridgehead atoms. The molecule has 0 spiro atoms. The Kier molecular flexibility index (Phi) is 7.29. The van der Waals surface area contributed by atoms with Crippen molar-refractivity contribution in [3.63, 3.8) is 0 Å². The highest BCUT2D eigenvalue weighted by Gasteiger charge is 2.14. The maximum Gasteiger partial charge on any atom is 0.335 e. The fraction of sp³-hybridized carbons (Fsp3) is 0.286. The number of benzene rings is 1. The number of carbonyl (C=O) groups is 4. The van der Waals surface area contributed by atoms with Crippen molar-refractivity contribution in [1.29, 1.82) is 0 Å². The van der Waals surface area contributed by atoms with Gasteiger partial charge in [-0.2, -0.15) is 0 Å². The van der Waals surface area contributed by atoms with E-state index in [0.717, 1.165) is 0 Å². The molecule has 1 unspecified atom stereocenters. The predicted octanol–water partition coefficient (Wildman–Crippen LogP) is 1.57. The summed E-state index contributed by atoms with van der Waals surface area (Å²) < 4.78 is 0. The van der Waals surface area contributed by atoms with Gasteiger partial charge in [0.25, 0.3) is 0 Å². The Morgan fingerprint density at radius 1 is 1.00 bits per heavy atom. The zero-order chi connectivity index (χ0) is 17.4. The summed E-state index contributed by atoms with van der Waals surface area (Å²) in [5.41, 5.74) is 0.680. The van der Waals surface area contributed by atoms with Crippen molar-refractivity contribution < 1.29 is 39.6 Å².